The van der Waals surface area contributed by atoms with Crippen LogP contribution in [0, 0.1) is 26.6 Å². The van der Waals surface area contributed by atoms with Gasteiger partial charge in [0, 0.05) is 16.6 Å². The molecule has 0 spiro atoms. The summed E-state index contributed by atoms with van der Waals surface area (Å²) in [6.07, 6.45) is 0. The van der Waals surface area contributed by atoms with Gasteiger partial charge < -0.3 is 16.6 Å². The summed E-state index contributed by atoms with van der Waals surface area (Å²) in [7, 11) is 0. The molecule has 0 atom stereocenters. The quantitative estimate of drug-likeness (QED) is 0.650. The molecule has 0 unspecified atom stereocenters. The van der Waals surface area contributed by atoms with Gasteiger partial charge in [0.2, 0.25) is 0 Å². The molecule has 0 aliphatic heterocycles. The number of carbonyl (C=O) groups is 1. The van der Waals surface area contributed by atoms with E-state index in [1.54, 1.807) is 6.07 Å². The van der Waals surface area contributed by atoms with Crippen LogP contribution in [0.15, 0.2) is 12.1 Å². The average Bonchev–Trinajstić information content (AvgIpc) is 2.78. The van der Waals surface area contributed by atoms with E-state index in [1.165, 1.54) is 11.5 Å². The van der Waals surface area contributed by atoms with Gasteiger partial charge in [0.1, 0.15) is 11.5 Å². The fourth-order valence-electron chi connectivity index (χ4n) is 2.89. The van der Waals surface area contributed by atoms with Crippen LogP contribution in [-0.4, -0.2) is 20.6 Å². The van der Waals surface area contributed by atoms with Gasteiger partial charge in [0.15, 0.2) is 11.6 Å². The molecule has 3 aromatic rings. The molecular formula is C17H16ClFN4O2. The molecule has 1 aromatic carbocycles. The number of amides is 1. The van der Waals surface area contributed by atoms with Crippen molar-refractivity contribution in [2.24, 2.45) is 5.73 Å². The van der Waals surface area contributed by atoms with Gasteiger partial charge in [-0.25, -0.2) is 9.37 Å². The second-order valence-electron chi connectivity index (χ2n) is 5.88. The van der Waals surface area contributed by atoms with Crippen LogP contribution < -0.4 is 11.5 Å². The molecule has 0 fully saturated rings. The highest BCUT2D eigenvalue weighted by Gasteiger charge is 2.25. The van der Waals surface area contributed by atoms with E-state index in [1.807, 2.05) is 13.8 Å². The minimum absolute atomic E-state index is 0.0208. The lowest BCUT2D eigenvalue weighted by atomic mass is 10.1. The Hall–Kier alpha value is -2.80. The van der Waals surface area contributed by atoms with E-state index in [0.29, 0.717) is 11.0 Å². The average molecular weight is 363 g/mol. The van der Waals surface area contributed by atoms with Crippen LogP contribution in [0.2, 0.25) is 5.02 Å². The van der Waals surface area contributed by atoms with E-state index in [9.17, 15) is 14.3 Å². The van der Waals surface area contributed by atoms with Crippen molar-refractivity contribution in [2.45, 2.75) is 20.8 Å². The summed E-state index contributed by atoms with van der Waals surface area (Å²) in [6.45, 7) is 5.15. The Balaban J connectivity index is 2.55. The lowest BCUT2D eigenvalue weighted by Gasteiger charge is -2.15. The van der Waals surface area contributed by atoms with Crippen LogP contribution in [0.5, 0.6) is 5.75 Å². The summed E-state index contributed by atoms with van der Waals surface area (Å²) in [5.41, 5.74) is 14.1. The Bertz CT molecular complexity index is 1060. The summed E-state index contributed by atoms with van der Waals surface area (Å²) in [6, 6.07) is 2.74. The van der Waals surface area contributed by atoms with Gasteiger partial charge in [-0.15, -0.1) is 0 Å². The molecule has 2 heterocycles. The number of aromatic hydroxyl groups is 1. The molecule has 8 heteroatoms. The zero-order valence-electron chi connectivity index (χ0n) is 13.8. The zero-order chi connectivity index (χ0) is 18.6. The standard InChI is InChI=1S/C17H16ClFN4O2/c1-6-4-9-12(16(21)25)15(20)23(17(9)22-8(6)3)13-7(2)14(24)11(19)5-10(13)18/h4-5,24H,20H2,1-3H3,(H2,21,25). The number of phenols is 1. The topological polar surface area (TPSA) is 107 Å². The maximum absolute atomic E-state index is 13.7. The van der Waals surface area contributed by atoms with Crippen molar-refractivity contribution in [2.75, 3.05) is 5.73 Å². The zero-order valence-corrected chi connectivity index (χ0v) is 14.6. The first-order valence-electron chi connectivity index (χ1n) is 7.41. The van der Waals surface area contributed by atoms with Crippen LogP contribution in [0.3, 0.4) is 0 Å². The number of anilines is 1. The SMILES string of the molecule is Cc1cc2c(C(N)=O)c(N)n(-c3c(Cl)cc(F)c(O)c3C)c2nc1C. The van der Waals surface area contributed by atoms with E-state index in [2.05, 4.69) is 4.98 Å². The number of rotatable bonds is 2. The van der Waals surface area contributed by atoms with Crippen molar-refractivity contribution >= 4 is 34.4 Å². The molecule has 5 N–H and O–H groups in total. The number of hydrogen-bond acceptors (Lipinski definition) is 4. The molecule has 3 rings (SSSR count). The number of benzene rings is 1. The summed E-state index contributed by atoms with van der Waals surface area (Å²) < 4.78 is 15.2. The van der Waals surface area contributed by atoms with Gasteiger partial charge >= 0.3 is 0 Å². The number of pyridine rings is 1. The Morgan fingerprint density at radius 3 is 2.56 bits per heavy atom. The van der Waals surface area contributed by atoms with Crippen molar-refractivity contribution in [3.05, 3.63) is 45.4 Å². The van der Waals surface area contributed by atoms with Crippen LogP contribution in [0.4, 0.5) is 10.2 Å². The number of nitrogen functional groups attached to an aromatic ring is 1. The lowest BCUT2D eigenvalue weighted by Crippen LogP contribution is -2.14. The van der Waals surface area contributed by atoms with E-state index >= 15 is 0 Å². The molecule has 2 aromatic heterocycles. The van der Waals surface area contributed by atoms with E-state index in [0.717, 1.165) is 17.3 Å². The van der Waals surface area contributed by atoms with Gasteiger partial charge in [-0.1, -0.05) is 11.6 Å². The Kier molecular flexibility index (Phi) is 3.84. The summed E-state index contributed by atoms with van der Waals surface area (Å²) in [5, 5.41) is 10.4. The van der Waals surface area contributed by atoms with E-state index in [4.69, 9.17) is 23.1 Å². The molecule has 0 bridgehead atoms. The van der Waals surface area contributed by atoms with Crippen LogP contribution in [0.25, 0.3) is 16.7 Å². The Labute approximate surface area is 147 Å². The van der Waals surface area contributed by atoms with Crippen molar-refractivity contribution in [3.8, 4) is 11.4 Å². The molecule has 0 aliphatic rings. The number of fused-ring (bicyclic) bond motifs is 1. The number of nitrogens with zero attached hydrogens (tertiary/aromatic N) is 2. The number of nitrogens with two attached hydrogens (primary N) is 2. The van der Waals surface area contributed by atoms with Gasteiger partial charge in [-0.05, 0) is 38.5 Å². The first kappa shape index (κ1) is 17.0. The van der Waals surface area contributed by atoms with Gasteiger partial charge in [-0.2, -0.15) is 0 Å². The Morgan fingerprint density at radius 1 is 1.32 bits per heavy atom. The maximum Gasteiger partial charge on any atom is 0.253 e. The molecule has 6 nitrogen and oxygen atoms in total. The number of phenolic OH excluding ortho intramolecular Hbond substituents is 1. The third-order valence-electron chi connectivity index (χ3n) is 4.31. The smallest absolute Gasteiger partial charge is 0.253 e. The number of carbonyl (C=O) groups excluding carboxylic acids is 1. The number of primary amides is 1. The predicted octanol–water partition coefficient (Wildman–Crippen LogP) is 3.13. The Morgan fingerprint density at radius 2 is 1.96 bits per heavy atom. The van der Waals surface area contributed by atoms with Crippen molar-refractivity contribution < 1.29 is 14.3 Å². The summed E-state index contributed by atoms with van der Waals surface area (Å²) in [5.74, 6) is -2.09. The number of halogens is 2. The normalized spacial score (nSPS) is 11.2. The van der Waals surface area contributed by atoms with Gasteiger partial charge in [0.05, 0.1) is 16.3 Å². The minimum atomic E-state index is -0.851. The second kappa shape index (κ2) is 5.63. The third kappa shape index (κ3) is 2.39. The second-order valence-corrected chi connectivity index (χ2v) is 6.29. The van der Waals surface area contributed by atoms with Crippen LogP contribution in [-0.2, 0) is 0 Å². The molecule has 1 amide bonds. The molecule has 0 saturated carbocycles. The highest BCUT2D eigenvalue weighted by Crippen LogP contribution is 2.39. The van der Waals surface area contributed by atoms with Crippen molar-refractivity contribution in [1.82, 2.24) is 9.55 Å². The summed E-state index contributed by atoms with van der Waals surface area (Å²) >= 11 is 6.20. The summed E-state index contributed by atoms with van der Waals surface area (Å²) in [4.78, 5) is 16.4. The minimum Gasteiger partial charge on any atom is -0.505 e. The van der Waals surface area contributed by atoms with Crippen molar-refractivity contribution in [3.63, 3.8) is 0 Å². The number of aryl methyl sites for hydroxylation is 2. The maximum atomic E-state index is 13.7. The highest BCUT2D eigenvalue weighted by atomic mass is 35.5. The molecule has 0 saturated heterocycles. The first-order valence-corrected chi connectivity index (χ1v) is 7.78. The molecule has 0 radical (unpaired) electrons. The van der Waals surface area contributed by atoms with E-state index < -0.39 is 17.5 Å². The predicted molar refractivity (Wildman–Crippen MR) is 94.8 cm³/mol. The third-order valence-corrected chi connectivity index (χ3v) is 4.60. The van der Waals surface area contributed by atoms with Crippen LogP contribution >= 0.6 is 11.6 Å². The van der Waals surface area contributed by atoms with Gasteiger partial charge in [-0.3, -0.25) is 9.36 Å². The first-order chi connectivity index (χ1) is 11.6. The number of hydrogen-bond donors (Lipinski definition) is 3. The molecule has 25 heavy (non-hydrogen) atoms. The molecule has 130 valence electrons. The largest absolute Gasteiger partial charge is 0.505 e. The number of aromatic nitrogens is 2. The van der Waals surface area contributed by atoms with Crippen molar-refractivity contribution in [1.29, 1.82) is 0 Å². The monoisotopic (exact) mass is 362 g/mol. The lowest BCUT2D eigenvalue weighted by molar-refractivity contribution is 0.100. The molecular weight excluding hydrogens is 347 g/mol. The van der Waals surface area contributed by atoms with Gasteiger partial charge in [0.25, 0.3) is 5.91 Å². The highest BCUT2D eigenvalue weighted by molar-refractivity contribution is 6.33. The fourth-order valence-corrected chi connectivity index (χ4v) is 3.21. The fraction of sp³-hybridized carbons (Fsp3) is 0.176. The van der Waals surface area contributed by atoms with Crippen LogP contribution in [0.1, 0.15) is 27.2 Å². The van der Waals surface area contributed by atoms with E-state index in [-0.39, 0.29) is 27.7 Å². The molecule has 0 aliphatic carbocycles.